The Morgan fingerprint density at radius 3 is 2.95 bits per heavy atom. The van der Waals surface area contributed by atoms with Gasteiger partial charge in [-0.1, -0.05) is 24.3 Å². The van der Waals surface area contributed by atoms with E-state index in [-0.39, 0.29) is 5.54 Å². The minimum atomic E-state index is 0.169. The molecular formula is C18H25N3. The van der Waals surface area contributed by atoms with Crippen LogP contribution in [-0.4, -0.2) is 34.6 Å². The quantitative estimate of drug-likeness (QED) is 0.917. The Hall–Kier alpha value is -1.45. The molecule has 1 unspecified atom stereocenters. The van der Waals surface area contributed by atoms with Crippen LogP contribution in [-0.2, 0) is 6.54 Å². The minimum Gasteiger partial charge on any atom is -0.310 e. The molecule has 0 spiro atoms. The second kappa shape index (κ2) is 5.74. The standard InChI is InChI=1S/C18H25N3/c1-14-9-11-20-18(2,3)13-21(14)12-16-7-4-6-15-8-5-10-19-17(15)16/h4-8,10,14,20H,9,11-13H2,1-3H3. The smallest absolute Gasteiger partial charge is 0.0746 e. The van der Waals surface area contributed by atoms with Gasteiger partial charge in [0.25, 0.3) is 0 Å². The van der Waals surface area contributed by atoms with E-state index < -0.39 is 0 Å². The fourth-order valence-electron chi connectivity index (χ4n) is 3.25. The number of pyridine rings is 1. The van der Waals surface area contributed by atoms with E-state index in [1.165, 1.54) is 17.4 Å². The number of rotatable bonds is 2. The van der Waals surface area contributed by atoms with Gasteiger partial charge in [-0.05, 0) is 45.4 Å². The van der Waals surface area contributed by atoms with Crippen LogP contribution in [0.3, 0.4) is 0 Å². The van der Waals surface area contributed by atoms with Crippen LogP contribution in [0, 0.1) is 0 Å². The zero-order chi connectivity index (χ0) is 14.9. The van der Waals surface area contributed by atoms with Gasteiger partial charge in [0, 0.05) is 36.3 Å². The highest BCUT2D eigenvalue weighted by Gasteiger charge is 2.28. The second-order valence-electron chi connectivity index (χ2n) is 6.85. The molecule has 1 aromatic carbocycles. The van der Waals surface area contributed by atoms with E-state index in [2.05, 4.69) is 60.2 Å². The van der Waals surface area contributed by atoms with Gasteiger partial charge in [-0.2, -0.15) is 0 Å². The first-order valence-electron chi connectivity index (χ1n) is 7.87. The summed E-state index contributed by atoms with van der Waals surface area (Å²) >= 11 is 0. The molecule has 112 valence electrons. The largest absolute Gasteiger partial charge is 0.310 e. The van der Waals surface area contributed by atoms with Crippen LogP contribution < -0.4 is 5.32 Å². The summed E-state index contributed by atoms with van der Waals surface area (Å²) < 4.78 is 0. The topological polar surface area (TPSA) is 28.2 Å². The summed E-state index contributed by atoms with van der Waals surface area (Å²) in [5, 5.41) is 4.88. The summed E-state index contributed by atoms with van der Waals surface area (Å²) in [5.74, 6) is 0. The maximum Gasteiger partial charge on any atom is 0.0746 e. The van der Waals surface area contributed by atoms with E-state index in [0.29, 0.717) is 6.04 Å². The summed E-state index contributed by atoms with van der Waals surface area (Å²) in [7, 11) is 0. The van der Waals surface area contributed by atoms with Crippen molar-refractivity contribution in [1.29, 1.82) is 0 Å². The summed E-state index contributed by atoms with van der Waals surface area (Å²) in [6, 6.07) is 11.2. The molecule has 1 N–H and O–H groups in total. The summed E-state index contributed by atoms with van der Waals surface area (Å²) in [4.78, 5) is 7.18. The Balaban J connectivity index is 1.89. The zero-order valence-electron chi connectivity index (χ0n) is 13.3. The maximum absolute atomic E-state index is 4.59. The van der Waals surface area contributed by atoms with Gasteiger partial charge in [0.2, 0.25) is 0 Å². The van der Waals surface area contributed by atoms with E-state index in [1.807, 2.05) is 12.3 Å². The summed E-state index contributed by atoms with van der Waals surface area (Å²) in [6.45, 7) is 10.1. The molecule has 0 bridgehead atoms. The van der Waals surface area contributed by atoms with Gasteiger partial charge in [-0.15, -0.1) is 0 Å². The Morgan fingerprint density at radius 2 is 2.10 bits per heavy atom. The number of aromatic nitrogens is 1. The Bertz CT molecular complexity index is 615. The average molecular weight is 283 g/mol. The van der Waals surface area contributed by atoms with Crippen molar-refractivity contribution in [1.82, 2.24) is 15.2 Å². The third kappa shape index (κ3) is 3.25. The van der Waals surface area contributed by atoms with Gasteiger partial charge >= 0.3 is 0 Å². The van der Waals surface area contributed by atoms with Crippen LogP contribution in [0.4, 0.5) is 0 Å². The highest BCUT2D eigenvalue weighted by atomic mass is 15.2. The van der Waals surface area contributed by atoms with Crippen molar-refractivity contribution in [3.05, 3.63) is 42.1 Å². The van der Waals surface area contributed by atoms with E-state index in [9.17, 15) is 0 Å². The van der Waals surface area contributed by atoms with Crippen molar-refractivity contribution in [2.45, 2.75) is 45.3 Å². The third-order valence-corrected chi connectivity index (χ3v) is 4.48. The Morgan fingerprint density at radius 1 is 1.29 bits per heavy atom. The molecule has 1 saturated heterocycles. The van der Waals surface area contributed by atoms with Crippen molar-refractivity contribution in [3.63, 3.8) is 0 Å². The van der Waals surface area contributed by atoms with Crippen LogP contribution in [0.25, 0.3) is 10.9 Å². The van der Waals surface area contributed by atoms with Crippen molar-refractivity contribution in [2.75, 3.05) is 13.1 Å². The maximum atomic E-state index is 4.59. The molecule has 3 nitrogen and oxygen atoms in total. The molecule has 1 aliphatic heterocycles. The first-order valence-corrected chi connectivity index (χ1v) is 7.87. The van der Waals surface area contributed by atoms with Gasteiger partial charge < -0.3 is 5.32 Å². The molecule has 0 saturated carbocycles. The fourth-order valence-corrected chi connectivity index (χ4v) is 3.25. The molecule has 1 aliphatic rings. The molecule has 1 atom stereocenters. The van der Waals surface area contributed by atoms with E-state index >= 15 is 0 Å². The molecule has 0 aliphatic carbocycles. The summed E-state index contributed by atoms with van der Waals surface area (Å²) in [5.41, 5.74) is 2.64. The second-order valence-corrected chi connectivity index (χ2v) is 6.85. The molecule has 1 aromatic heterocycles. The van der Waals surface area contributed by atoms with Crippen molar-refractivity contribution in [3.8, 4) is 0 Å². The molecule has 2 aromatic rings. The van der Waals surface area contributed by atoms with E-state index in [1.54, 1.807) is 0 Å². The van der Waals surface area contributed by atoms with Crippen LogP contribution in [0.15, 0.2) is 36.5 Å². The predicted octanol–water partition coefficient (Wildman–Crippen LogP) is 3.20. The molecule has 3 rings (SSSR count). The molecule has 0 amide bonds. The number of hydrogen-bond donors (Lipinski definition) is 1. The Kier molecular flexibility index (Phi) is 3.96. The normalized spacial score (nSPS) is 23.1. The molecule has 2 heterocycles. The van der Waals surface area contributed by atoms with Gasteiger partial charge in [0.05, 0.1) is 5.52 Å². The lowest BCUT2D eigenvalue weighted by Gasteiger charge is -2.33. The Labute approximate surface area is 127 Å². The van der Waals surface area contributed by atoms with Gasteiger partial charge in [0.1, 0.15) is 0 Å². The van der Waals surface area contributed by atoms with Crippen LogP contribution in [0.1, 0.15) is 32.8 Å². The lowest BCUT2D eigenvalue weighted by Crippen LogP contribution is -2.47. The van der Waals surface area contributed by atoms with Crippen LogP contribution >= 0.6 is 0 Å². The van der Waals surface area contributed by atoms with Crippen LogP contribution in [0.2, 0.25) is 0 Å². The number of nitrogens with one attached hydrogen (secondary N) is 1. The molecule has 1 fully saturated rings. The average Bonchev–Trinajstić information content (AvgIpc) is 2.58. The van der Waals surface area contributed by atoms with Gasteiger partial charge in [-0.3, -0.25) is 9.88 Å². The highest BCUT2D eigenvalue weighted by Crippen LogP contribution is 2.22. The fraction of sp³-hybridized carbons (Fsp3) is 0.500. The highest BCUT2D eigenvalue weighted by molar-refractivity contribution is 5.81. The van der Waals surface area contributed by atoms with Crippen LogP contribution in [0.5, 0.6) is 0 Å². The lowest BCUT2D eigenvalue weighted by molar-refractivity contribution is 0.173. The molecule has 3 heteroatoms. The molecular weight excluding hydrogens is 258 g/mol. The number of para-hydroxylation sites is 1. The molecule has 21 heavy (non-hydrogen) atoms. The minimum absolute atomic E-state index is 0.169. The first-order chi connectivity index (χ1) is 10.1. The third-order valence-electron chi connectivity index (χ3n) is 4.48. The SMILES string of the molecule is CC1CCNC(C)(C)CN1Cc1cccc2cccnc12. The van der Waals surface area contributed by atoms with E-state index in [0.717, 1.165) is 25.2 Å². The number of hydrogen-bond acceptors (Lipinski definition) is 3. The van der Waals surface area contributed by atoms with Gasteiger partial charge in [-0.25, -0.2) is 0 Å². The zero-order valence-corrected chi connectivity index (χ0v) is 13.3. The number of nitrogens with zero attached hydrogens (tertiary/aromatic N) is 2. The number of fused-ring (bicyclic) bond motifs is 1. The summed E-state index contributed by atoms with van der Waals surface area (Å²) in [6.07, 6.45) is 3.09. The monoisotopic (exact) mass is 283 g/mol. The van der Waals surface area contributed by atoms with Crippen molar-refractivity contribution < 1.29 is 0 Å². The van der Waals surface area contributed by atoms with Crippen molar-refractivity contribution >= 4 is 10.9 Å². The lowest BCUT2D eigenvalue weighted by atomic mass is 10.0. The van der Waals surface area contributed by atoms with Crippen molar-refractivity contribution in [2.24, 2.45) is 0 Å². The van der Waals surface area contributed by atoms with Gasteiger partial charge in [0.15, 0.2) is 0 Å². The molecule has 0 radical (unpaired) electrons. The number of benzene rings is 1. The first kappa shape index (κ1) is 14.5. The van der Waals surface area contributed by atoms with E-state index in [4.69, 9.17) is 0 Å². The predicted molar refractivity (Wildman–Crippen MR) is 88.3 cm³/mol.